The van der Waals surface area contributed by atoms with E-state index < -0.39 is 5.91 Å². The van der Waals surface area contributed by atoms with Crippen LogP contribution in [0.3, 0.4) is 0 Å². The Balaban J connectivity index is 3.10. The topological polar surface area (TPSA) is 63.3 Å². The molecule has 1 aromatic carbocycles. The lowest BCUT2D eigenvalue weighted by Crippen LogP contribution is -2.10. The Morgan fingerprint density at radius 2 is 2.31 bits per heavy atom. The number of carbonyl (C=O) groups is 1. The summed E-state index contributed by atoms with van der Waals surface area (Å²) in [5, 5.41) is 9.35. The zero-order chi connectivity index (χ0) is 9.84. The van der Waals surface area contributed by atoms with Crippen molar-refractivity contribution < 1.29 is 9.90 Å². The van der Waals surface area contributed by atoms with E-state index in [1.54, 1.807) is 12.1 Å². The third-order valence-electron chi connectivity index (χ3n) is 1.73. The highest BCUT2D eigenvalue weighted by Crippen LogP contribution is 2.18. The number of hydrogen-bond donors (Lipinski definition) is 2. The highest BCUT2D eigenvalue weighted by molar-refractivity contribution is 5.93. The van der Waals surface area contributed by atoms with Crippen LogP contribution >= 0.6 is 0 Å². The Hall–Kier alpha value is -1.77. The summed E-state index contributed by atoms with van der Waals surface area (Å²) in [6.45, 7) is 3.54. The van der Waals surface area contributed by atoms with Crippen LogP contribution < -0.4 is 5.73 Å². The van der Waals surface area contributed by atoms with Crippen molar-refractivity contribution in [2.75, 3.05) is 0 Å². The standard InChI is InChI=1S/C10H11NO2/c1-2-3-7-6-8(10(11)13)4-5-9(7)12/h2,4-6,12H,1,3H2,(H2,11,13). The zero-order valence-corrected chi connectivity index (χ0v) is 7.16. The van der Waals surface area contributed by atoms with Crippen molar-refractivity contribution in [3.63, 3.8) is 0 Å². The summed E-state index contributed by atoms with van der Waals surface area (Å²) in [6, 6.07) is 4.52. The van der Waals surface area contributed by atoms with Gasteiger partial charge in [-0.05, 0) is 30.2 Å². The summed E-state index contributed by atoms with van der Waals surface area (Å²) in [6.07, 6.45) is 2.17. The molecule has 0 aliphatic heterocycles. The van der Waals surface area contributed by atoms with Gasteiger partial charge in [-0.15, -0.1) is 6.58 Å². The van der Waals surface area contributed by atoms with Crippen molar-refractivity contribution in [1.82, 2.24) is 0 Å². The van der Waals surface area contributed by atoms with Gasteiger partial charge < -0.3 is 10.8 Å². The van der Waals surface area contributed by atoms with Gasteiger partial charge in [-0.3, -0.25) is 4.79 Å². The Morgan fingerprint density at radius 1 is 1.62 bits per heavy atom. The van der Waals surface area contributed by atoms with Crippen molar-refractivity contribution in [1.29, 1.82) is 0 Å². The molecule has 3 nitrogen and oxygen atoms in total. The number of aromatic hydroxyl groups is 1. The molecule has 0 spiro atoms. The number of primary amides is 1. The van der Waals surface area contributed by atoms with Gasteiger partial charge in [0.05, 0.1) is 0 Å². The zero-order valence-electron chi connectivity index (χ0n) is 7.16. The number of hydrogen-bond acceptors (Lipinski definition) is 2. The van der Waals surface area contributed by atoms with Gasteiger partial charge in [-0.1, -0.05) is 6.08 Å². The highest BCUT2D eigenvalue weighted by atomic mass is 16.3. The molecule has 0 aromatic heterocycles. The maximum atomic E-state index is 10.8. The first-order valence-corrected chi connectivity index (χ1v) is 3.87. The lowest BCUT2D eigenvalue weighted by atomic mass is 10.1. The van der Waals surface area contributed by atoms with Crippen molar-refractivity contribution in [3.8, 4) is 5.75 Å². The Kier molecular flexibility index (Phi) is 2.69. The molecule has 1 rings (SSSR count). The van der Waals surface area contributed by atoms with Gasteiger partial charge in [0.25, 0.3) is 0 Å². The minimum atomic E-state index is -0.495. The van der Waals surface area contributed by atoms with Gasteiger partial charge in [-0.2, -0.15) is 0 Å². The van der Waals surface area contributed by atoms with E-state index in [4.69, 9.17) is 5.73 Å². The molecule has 1 amide bonds. The molecule has 1 aromatic rings. The molecule has 13 heavy (non-hydrogen) atoms. The third-order valence-corrected chi connectivity index (χ3v) is 1.73. The van der Waals surface area contributed by atoms with E-state index >= 15 is 0 Å². The van der Waals surface area contributed by atoms with Crippen molar-refractivity contribution in [2.24, 2.45) is 5.73 Å². The molecule has 0 unspecified atom stereocenters. The van der Waals surface area contributed by atoms with E-state index in [9.17, 15) is 9.90 Å². The third kappa shape index (κ3) is 2.08. The van der Waals surface area contributed by atoms with Crippen LogP contribution in [0, 0.1) is 0 Å². The van der Waals surface area contributed by atoms with Crippen molar-refractivity contribution >= 4 is 5.91 Å². The maximum absolute atomic E-state index is 10.8. The molecular weight excluding hydrogens is 166 g/mol. The normalized spacial score (nSPS) is 9.54. The van der Waals surface area contributed by atoms with Gasteiger partial charge in [0.2, 0.25) is 5.91 Å². The molecule has 0 bridgehead atoms. The summed E-state index contributed by atoms with van der Waals surface area (Å²) in [5.41, 5.74) is 6.14. The molecular formula is C10H11NO2. The monoisotopic (exact) mass is 177 g/mol. The van der Waals surface area contributed by atoms with E-state index in [2.05, 4.69) is 6.58 Å². The van der Waals surface area contributed by atoms with Crippen LogP contribution in [-0.4, -0.2) is 11.0 Å². The van der Waals surface area contributed by atoms with Crippen LogP contribution in [0.1, 0.15) is 15.9 Å². The summed E-state index contributed by atoms with van der Waals surface area (Å²) < 4.78 is 0. The first kappa shape index (κ1) is 9.32. The minimum Gasteiger partial charge on any atom is -0.508 e. The van der Waals surface area contributed by atoms with E-state index in [0.29, 0.717) is 17.5 Å². The van der Waals surface area contributed by atoms with E-state index in [0.717, 1.165) is 0 Å². The molecule has 0 saturated heterocycles. The lowest BCUT2D eigenvalue weighted by molar-refractivity contribution is 0.1000. The number of benzene rings is 1. The quantitative estimate of drug-likeness (QED) is 0.682. The van der Waals surface area contributed by atoms with Crippen molar-refractivity contribution in [3.05, 3.63) is 42.0 Å². The highest BCUT2D eigenvalue weighted by Gasteiger charge is 2.04. The summed E-state index contributed by atoms with van der Waals surface area (Å²) in [5.74, 6) is -0.338. The molecule has 3 N–H and O–H groups in total. The van der Waals surface area contributed by atoms with Gasteiger partial charge >= 0.3 is 0 Å². The largest absolute Gasteiger partial charge is 0.508 e. The molecule has 0 fully saturated rings. The summed E-state index contributed by atoms with van der Waals surface area (Å²) >= 11 is 0. The number of phenolic OH excluding ortho intramolecular Hbond substituents is 1. The van der Waals surface area contributed by atoms with Gasteiger partial charge in [0.15, 0.2) is 0 Å². The SMILES string of the molecule is C=CCc1cc(C(N)=O)ccc1O. The Bertz CT molecular complexity index is 345. The Labute approximate surface area is 76.5 Å². The number of phenols is 1. The first-order chi connectivity index (χ1) is 6.15. The molecule has 0 aliphatic rings. The van der Waals surface area contributed by atoms with Crippen LogP contribution in [0.25, 0.3) is 0 Å². The predicted molar refractivity (Wildman–Crippen MR) is 50.5 cm³/mol. The Morgan fingerprint density at radius 3 is 2.85 bits per heavy atom. The van der Waals surface area contributed by atoms with E-state index in [1.165, 1.54) is 12.1 Å². The molecule has 0 atom stereocenters. The fourth-order valence-electron chi connectivity index (χ4n) is 1.06. The second kappa shape index (κ2) is 3.76. The van der Waals surface area contributed by atoms with Crippen LogP contribution in [0.4, 0.5) is 0 Å². The molecule has 0 saturated carbocycles. The number of carbonyl (C=O) groups excluding carboxylic acids is 1. The molecule has 0 heterocycles. The minimum absolute atomic E-state index is 0.157. The van der Waals surface area contributed by atoms with Crippen LogP contribution in [0.2, 0.25) is 0 Å². The second-order valence-electron chi connectivity index (χ2n) is 2.70. The number of nitrogens with two attached hydrogens (primary N) is 1. The molecule has 3 heteroatoms. The average molecular weight is 177 g/mol. The summed E-state index contributed by atoms with van der Waals surface area (Å²) in [7, 11) is 0. The van der Waals surface area contributed by atoms with Gasteiger partial charge in [-0.25, -0.2) is 0 Å². The molecule has 0 aliphatic carbocycles. The lowest BCUT2D eigenvalue weighted by Gasteiger charge is -2.02. The van der Waals surface area contributed by atoms with Gasteiger partial charge in [0.1, 0.15) is 5.75 Å². The van der Waals surface area contributed by atoms with Crippen molar-refractivity contribution in [2.45, 2.75) is 6.42 Å². The fourth-order valence-corrected chi connectivity index (χ4v) is 1.06. The maximum Gasteiger partial charge on any atom is 0.248 e. The molecule has 0 radical (unpaired) electrons. The average Bonchev–Trinajstić information content (AvgIpc) is 2.08. The van der Waals surface area contributed by atoms with E-state index in [-0.39, 0.29) is 5.75 Å². The number of amides is 1. The number of allylic oxidation sites excluding steroid dienone is 1. The predicted octanol–water partition coefficient (Wildman–Crippen LogP) is 1.22. The first-order valence-electron chi connectivity index (χ1n) is 3.87. The van der Waals surface area contributed by atoms with Crippen LogP contribution in [0.15, 0.2) is 30.9 Å². The van der Waals surface area contributed by atoms with Crippen LogP contribution in [0.5, 0.6) is 5.75 Å². The molecule has 68 valence electrons. The smallest absolute Gasteiger partial charge is 0.248 e. The second-order valence-corrected chi connectivity index (χ2v) is 2.70. The van der Waals surface area contributed by atoms with Crippen LogP contribution in [-0.2, 0) is 6.42 Å². The van der Waals surface area contributed by atoms with Gasteiger partial charge in [0, 0.05) is 5.56 Å². The van der Waals surface area contributed by atoms with E-state index in [1.807, 2.05) is 0 Å². The summed E-state index contributed by atoms with van der Waals surface area (Å²) in [4.78, 5) is 10.8. The number of rotatable bonds is 3. The fraction of sp³-hybridized carbons (Fsp3) is 0.100.